The van der Waals surface area contributed by atoms with Crippen LogP contribution in [0.2, 0.25) is 0 Å². The van der Waals surface area contributed by atoms with Gasteiger partial charge < -0.3 is 10.8 Å². The van der Waals surface area contributed by atoms with Gasteiger partial charge in [-0.05, 0) is 23.6 Å². The van der Waals surface area contributed by atoms with Crippen molar-refractivity contribution in [2.24, 2.45) is 5.73 Å². The molecule has 26 heavy (non-hydrogen) atoms. The monoisotopic (exact) mass is 344 g/mol. The molecule has 3 aromatic rings. The second-order valence-corrected chi connectivity index (χ2v) is 6.32. The fourth-order valence-electron chi connectivity index (χ4n) is 2.92. The lowest BCUT2D eigenvalue weighted by molar-refractivity contribution is 0.0847. The highest BCUT2D eigenvalue weighted by Gasteiger charge is 2.22. The molecule has 2 atom stereocenters. The van der Waals surface area contributed by atoms with Gasteiger partial charge in [0.25, 0.3) is 0 Å². The van der Waals surface area contributed by atoms with Crippen LogP contribution in [0.3, 0.4) is 0 Å². The van der Waals surface area contributed by atoms with E-state index in [0.29, 0.717) is 5.56 Å². The molecular weight excluding hydrogens is 322 g/mol. The van der Waals surface area contributed by atoms with Gasteiger partial charge in [-0.1, -0.05) is 84.9 Å². The summed E-state index contributed by atoms with van der Waals surface area (Å²) in [5.41, 5.74) is 9.51. The molecule has 131 valence electrons. The molecule has 3 rings (SSSR count). The zero-order valence-electron chi connectivity index (χ0n) is 14.7. The lowest BCUT2D eigenvalue weighted by atomic mass is 9.84. The van der Waals surface area contributed by atoms with Crippen LogP contribution in [-0.2, 0) is 0 Å². The first-order chi connectivity index (χ1) is 12.6. The van der Waals surface area contributed by atoms with Gasteiger partial charge in [0.05, 0.1) is 18.1 Å². The number of benzene rings is 3. The number of carbonyl (C=O) groups excluding carboxylic acids is 1. The average Bonchev–Trinajstić information content (AvgIpc) is 2.69. The number of Topliss-reactive ketones (excluding diaryl/α,β-unsaturated/α-hetero) is 1. The summed E-state index contributed by atoms with van der Waals surface area (Å²) in [6.07, 6.45) is -0.877. The fourth-order valence-corrected chi connectivity index (χ4v) is 2.92. The molecular formula is C23H22NO2. The molecule has 3 N–H and O–H groups in total. The quantitative estimate of drug-likeness (QED) is 0.530. The number of rotatable bonds is 6. The van der Waals surface area contributed by atoms with Crippen molar-refractivity contribution < 1.29 is 9.90 Å². The summed E-state index contributed by atoms with van der Waals surface area (Å²) in [5, 5.41) is 9.54. The summed E-state index contributed by atoms with van der Waals surface area (Å²) in [6, 6.07) is 26.8. The Labute approximate surface area is 154 Å². The molecule has 3 heteroatoms. The van der Waals surface area contributed by atoms with E-state index in [-0.39, 0.29) is 5.78 Å². The third kappa shape index (κ3) is 3.90. The third-order valence-corrected chi connectivity index (χ3v) is 4.41. The maximum atomic E-state index is 12.3. The van der Waals surface area contributed by atoms with E-state index < -0.39 is 12.1 Å². The lowest BCUT2D eigenvalue weighted by Crippen LogP contribution is -2.40. The predicted molar refractivity (Wildman–Crippen MR) is 104 cm³/mol. The van der Waals surface area contributed by atoms with Crippen LogP contribution in [0, 0.1) is 5.92 Å². The molecule has 0 saturated carbocycles. The second-order valence-electron chi connectivity index (χ2n) is 6.32. The smallest absolute Gasteiger partial charge is 0.182 e. The van der Waals surface area contributed by atoms with Gasteiger partial charge in [-0.15, -0.1) is 0 Å². The third-order valence-electron chi connectivity index (χ3n) is 4.41. The Hall–Kier alpha value is -2.75. The van der Waals surface area contributed by atoms with Crippen molar-refractivity contribution in [2.45, 2.75) is 19.1 Å². The molecule has 3 aromatic carbocycles. The Morgan fingerprint density at radius 2 is 1.12 bits per heavy atom. The van der Waals surface area contributed by atoms with Gasteiger partial charge in [-0.3, -0.25) is 4.79 Å². The van der Waals surface area contributed by atoms with Crippen LogP contribution in [0.1, 0.15) is 34.0 Å². The van der Waals surface area contributed by atoms with Gasteiger partial charge in [0.2, 0.25) is 0 Å². The zero-order chi connectivity index (χ0) is 18.5. The lowest BCUT2D eigenvalue weighted by Gasteiger charge is -2.19. The van der Waals surface area contributed by atoms with E-state index in [0.717, 1.165) is 22.6 Å². The highest BCUT2D eigenvalue weighted by atomic mass is 16.3. The minimum Gasteiger partial charge on any atom is -0.391 e. The van der Waals surface area contributed by atoms with E-state index >= 15 is 0 Å². The molecule has 0 fully saturated rings. The van der Waals surface area contributed by atoms with Crippen molar-refractivity contribution in [3.8, 4) is 0 Å². The van der Waals surface area contributed by atoms with Crippen LogP contribution >= 0.6 is 0 Å². The molecule has 0 bridgehead atoms. The van der Waals surface area contributed by atoms with E-state index in [4.69, 9.17) is 5.73 Å². The Bertz CT molecular complexity index is 803. The molecule has 0 saturated heterocycles. The minimum absolute atomic E-state index is 0.257. The average molecular weight is 344 g/mol. The zero-order valence-corrected chi connectivity index (χ0v) is 14.7. The van der Waals surface area contributed by atoms with E-state index in [1.54, 1.807) is 12.1 Å². The van der Waals surface area contributed by atoms with Crippen molar-refractivity contribution in [1.29, 1.82) is 0 Å². The van der Waals surface area contributed by atoms with Gasteiger partial charge >= 0.3 is 0 Å². The van der Waals surface area contributed by atoms with E-state index in [9.17, 15) is 9.90 Å². The topological polar surface area (TPSA) is 63.3 Å². The van der Waals surface area contributed by atoms with Crippen molar-refractivity contribution in [1.82, 2.24) is 0 Å². The molecule has 0 unspecified atom stereocenters. The Morgan fingerprint density at radius 3 is 1.54 bits per heavy atom. The van der Waals surface area contributed by atoms with E-state index in [2.05, 4.69) is 24.3 Å². The van der Waals surface area contributed by atoms with Gasteiger partial charge in [0.1, 0.15) is 0 Å². The Morgan fingerprint density at radius 1 is 0.731 bits per heavy atom. The van der Waals surface area contributed by atoms with Crippen molar-refractivity contribution in [2.75, 3.05) is 0 Å². The van der Waals surface area contributed by atoms with Crippen LogP contribution < -0.4 is 5.73 Å². The second kappa shape index (κ2) is 8.09. The number of hydrogen-bond donors (Lipinski definition) is 2. The molecule has 0 heterocycles. The van der Waals surface area contributed by atoms with Gasteiger partial charge in [-0.25, -0.2) is 0 Å². The highest BCUT2D eigenvalue weighted by molar-refractivity contribution is 6.00. The molecule has 0 spiro atoms. The Balaban J connectivity index is 1.97. The molecule has 3 nitrogen and oxygen atoms in total. The van der Waals surface area contributed by atoms with Gasteiger partial charge in [-0.2, -0.15) is 0 Å². The molecule has 1 radical (unpaired) electrons. The summed E-state index contributed by atoms with van der Waals surface area (Å²) >= 11 is 0. The number of nitrogens with two attached hydrogens (primary N) is 1. The summed E-state index contributed by atoms with van der Waals surface area (Å²) in [6.45, 7) is 1.52. The van der Waals surface area contributed by atoms with E-state index in [1.165, 1.54) is 6.92 Å². The van der Waals surface area contributed by atoms with Crippen LogP contribution in [0.25, 0.3) is 0 Å². The normalized spacial score (nSPS) is 13.4. The maximum Gasteiger partial charge on any atom is 0.182 e. The molecule has 0 aromatic heterocycles. The highest BCUT2D eigenvalue weighted by Crippen LogP contribution is 2.30. The van der Waals surface area contributed by atoms with Crippen LogP contribution in [0.4, 0.5) is 0 Å². The van der Waals surface area contributed by atoms with Crippen LogP contribution in [0.5, 0.6) is 0 Å². The van der Waals surface area contributed by atoms with Crippen molar-refractivity contribution >= 4 is 5.78 Å². The summed E-state index contributed by atoms with van der Waals surface area (Å²) in [5.74, 6) is 0.845. The Kier molecular flexibility index (Phi) is 5.61. The first-order valence-corrected chi connectivity index (χ1v) is 8.64. The molecule has 0 aliphatic carbocycles. The van der Waals surface area contributed by atoms with Crippen molar-refractivity contribution in [3.63, 3.8) is 0 Å². The number of hydrogen-bond acceptors (Lipinski definition) is 3. The number of ketones is 1. The van der Waals surface area contributed by atoms with Gasteiger partial charge in [0.15, 0.2) is 5.78 Å². The summed E-state index contributed by atoms with van der Waals surface area (Å²) < 4.78 is 0. The first kappa shape index (κ1) is 18.1. The maximum absolute atomic E-state index is 12.3. The van der Waals surface area contributed by atoms with Gasteiger partial charge in [0, 0.05) is 5.56 Å². The van der Waals surface area contributed by atoms with Crippen molar-refractivity contribution in [3.05, 3.63) is 113 Å². The standard InChI is InChI=1S/C23H22NO2/c1-16(25)22(24)23(26)20-14-12-19(13-15-20)21(17-8-4-2-5-9-17)18-10-6-3-7-11-18/h2-16,22,25H,24H2,1H3/t16-,22+/m1/s1. The summed E-state index contributed by atoms with van der Waals surface area (Å²) in [4.78, 5) is 12.3. The van der Waals surface area contributed by atoms with E-state index in [1.807, 2.05) is 48.5 Å². The number of carbonyl (C=O) groups is 1. The number of aliphatic hydroxyl groups is 1. The first-order valence-electron chi connectivity index (χ1n) is 8.64. The number of aliphatic hydroxyl groups excluding tert-OH is 1. The summed E-state index contributed by atoms with van der Waals surface area (Å²) in [7, 11) is 0. The molecule has 0 aliphatic heterocycles. The largest absolute Gasteiger partial charge is 0.391 e. The predicted octanol–water partition coefficient (Wildman–Crippen LogP) is 3.60. The minimum atomic E-state index is -0.910. The SMILES string of the molecule is C[C@@H](O)[C@H](N)C(=O)c1ccc([C](c2ccccc2)c2ccccc2)cc1. The fraction of sp³-hybridized carbons (Fsp3) is 0.130. The molecule has 0 amide bonds. The van der Waals surface area contributed by atoms with Crippen LogP contribution in [0.15, 0.2) is 84.9 Å². The molecule has 0 aliphatic rings. The van der Waals surface area contributed by atoms with Crippen LogP contribution in [-0.4, -0.2) is 23.0 Å².